The highest BCUT2D eigenvalue weighted by atomic mass is 16.5. The van der Waals surface area contributed by atoms with Crippen LogP contribution in [0.2, 0.25) is 0 Å². The minimum Gasteiger partial charge on any atom is -0.392 e. The minimum atomic E-state index is -0.222. The lowest BCUT2D eigenvalue weighted by molar-refractivity contribution is -0.0250. The Morgan fingerprint density at radius 2 is 2.17 bits per heavy atom. The third-order valence-corrected chi connectivity index (χ3v) is 4.08. The fourth-order valence-corrected chi connectivity index (χ4v) is 3.09. The molecular weight excluding hydrogens is 228 g/mol. The normalized spacial score (nSPS) is 33.5. The second-order valence-electron chi connectivity index (χ2n) is 5.94. The van der Waals surface area contributed by atoms with Gasteiger partial charge in [-0.1, -0.05) is 0 Å². The van der Waals surface area contributed by atoms with Gasteiger partial charge in [0.15, 0.2) is 0 Å². The topological polar surface area (TPSA) is 35.9 Å². The Kier molecular flexibility index (Phi) is 5.42. The van der Waals surface area contributed by atoms with Gasteiger partial charge < -0.3 is 9.84 Å². The number of β-amino-alcohol motifs (C(OH)–C–C–N with tert-alkyl or cyclic N) is 1. The molecule has 0 spiro atoms. The van der Waals surface area contributed by atoms with Crippen LogP contribution in [0.15, 0.2) is 0 Å². The number of aliphatic hydroxyl groups is 1. The van der Waals surface area contributed by atoms with E-state index in [1.807, 2.05) is 6.92 Å². The van der Waals surface area contributed by atoms with Crippen LogP contribution in [0.1, 0.15) is 33.1 Å². The van der Waals surface area contributed by atoms with Gasteiger partial charge in [0.2, 0.25) is 0 Å². The van der Waals surface area contributed by atoms with Gasteiger partial charge >= 0.3 is 0 Å². The molecule has 0 aromatic rings. The quantitative estimate of drug-likeness (QED) is 0.812. The second-order valence-corrected chi connectivity index (χ2v) is 5.94. The third kappa shape index (κ3) is 4.19. The van der Waals surface area contributed by atoms with Gasteiger partial charge in [0.05, 0.1) is 12.2 Å². The van der Waals surface area contributed by atoms with Crippen molar-refractivity contribution in [1.82, 2.24) is 9.80 Å². The number of piperazine rings is 1. The zero-order valence-electron chi connectivity index (χ0n) is 11.8. The molecule has 106 valence electrons. The molecule has 0 aromatic heterocycles. The van der Waals surface area contributed by atoms with Crippen molar-refractivity contribution < 1.29 is 9.84 Å². The summed E-state index contributed by atoms with van der Waals surface area (Å²) in [6, 6.07) is 0.539. The van der Waals surface area contributed by atoms with Crippen molar-refractivity contribution in [3.63, 3.8) is 0 Å². The van der Waals surface area contributed by atoms with E-state index < -0.39 is 0 Å². The summed E-state index contributed by atoms with van der Waals surface area (Å²) in [5.74, 6) is 0. The maximum atomic E-state index is 9.47. The Balaban J connectivity index is 1.73. The molecule has 4 heteroatoms. The Morgan fingerprint density at radius 3 is 2.78 bits per heavy atom. The summed E-state index contributed by atoms with van der Waals surface area (Å²) in [7, 11) is 0. The van der Waals surface area contributed by atoms with Gasteiger partial charge in [-0.15, -0.1) is 0 Å². The van der Waals surface area contributed by atoms with Crippen molar-refractivity contribution in [2.75, 3.05) is 39.3 Å². The standard InChI is InChI=1S/C14H28N2O2/c1-12-9-15(6-7-16(12)10-13(2)17)11-14-5-3-4-8-18-14/h12-14,17H,3-11H2,1-2H3/t12-,13-,14+/m0/s1. The highest BCUT2D eigenvalue weighted by molar-refractivity contribution is 4.82. The van der Waals surface area contributed by atoms with Crippen LogP contribution >= 0.6 is 0 Å². The van der Waals surface area contributed by atoms with Crippen LogP contribution in [-0.4, -0.2) is 72.5 Å². The number of rotatable bonds is 4. The largest absolute Gasteiger partial charge is 0.392 e. The molecule has 2 rings (SSSR count). The monoisotopic (exact) mass is 256 g/mol. The van der Waals surface area contributed by atoms with E-state index in [1.54, 1.807) is 0 Å². The molecule has 2 aliphatic rings. The average Bonchev–Trinajstić information content (AvgIpc) is 2.33. The number of nitrogens with zero attached hydrogens (tertiary/aromatic N) is 2. The number of aliphatic hydroxyl groups excluding tert-OH is 1. The average molecular weight is 256 g/mol. The highest BCUT2D eigenvalue weighted by Gasteiger charge is 2.26. The Bertz CT molecular complexity index is 242. The van der Waals surface area contributed by atoms with Gasteiger partial charge in [0.1, 0.15) is 0 Å². The molecule has 18 heavy (non-hydrogen) atoms. The number of hydrogen-bond acceptors (Lipinski definition) is 4. The Morgan fingerprint density at radius 1 is 1.33 bits per heavy atom. The maximum absolute atomic E-state index is 9.47. The molecule has 0 bridgehead atoms. The molecule has 0 unspecified atom stereocenters. The van der Waals surface area contributed by atoms with Crippen molar-refractivity contribution in [2.45, 2.75) is 51.4 Å². The van der Waals surface area contributed by atoms with Crippen LogP contribution < -0.4 is 0 Å². The van der Waals surface area contributed by atoms with Crippen LogP contribution in [0.3, 0.4) is 0 Å². The van der Waals surface area contributed by atoms with E-state index in [2.05, 4.69) is 16.7 Å². The zero-order chi connectivity index (χ0) is 13.0. The molecular formula is C14H28N2O2. The molecule has 4 nitrogen and oxygen atoms in total. The van der Waals surface area contributed by atoms with Crippen LogP contribution in [-0.2, 0) is 4.74 Å². The molecule has 0 radical (unpaired) electrons. The Hall–Kier alpha value is -0.160. The van der Waals surface area contributed by atoms with Crippen LogP contribution in [0.5, 0.6) is 0 Å². The molecule has 0 amide bonds. The molecule has 2 heterocycles. The predicted octanol–water partition coefficient (Wildman–Crippen LogP) is 0.942. The van der Waals surface area contributed by atoms with E-state index >= 15 is 0 Å². The molecule has 0 aliphatic carbocycles. The van der Waals surface area contributed by atoms with Crippen molar-refractivity contribution in [2.24, 2.45) is 0 Å². The van der Waals surface area contributed by atoms with E-state index in [4.69, 9.17) is 4.74 Å². The summed E-state index contributed by atoms with van der Waals surface area (Å²) in [6.07, 6.45) is 4.01. The molecule has 3 atom stereocenters. The summed E-state index contributed by atoms with van der Waals surface area (Å²) in [6.45, 7) is 10.2. The first-order valence-corrected chi connectivity index (χ1v) is 7.41. The van der Waals surface area contributed by atoms with E-state index in [1.165, 1.54) is 19.3 Å². The predicted molar refractivity (Wildman–Crippen MR) is 72.7 cm³/mol. The first kappa shape index (κ1) is 14.3. The summed E-state index contributed by atoms with van der Waals surface area (Å²) >= 11 is 0. The lowest BCUT2D eigenvalue weighted by Gasteiger charge is -2.41. The first-order valence-electron chi connectivity index (χ1n) is 7.41. The second kappa shape index (κ2) is 6.85. The van der Waals surface area contributed by atoms with Crippen molar-refractivity contribution in [1.29, 1.82) is 0 Å². The summed E-state index contributed by atoms with van der Waals surface area (Å²) in [5.41, 5.74) is 0. The highest BCUT2D eigenvalue weighted by Crippen LogP contribution is 2.16. The van der Waals surface area contributed by atoms with Gasteiger partial charge in [-0.3, -0.25) is 9.80 Å². The van der Waals surface area contributed by atoms with Gasteiger partial charge in [0, 0.05) is 45.4 Å². The fraction of sp³-hybridized carbons (Fsp3) is 1.00. The van der Waals surface area contributed by atoms with Crippen LogP contribution in [0.25, 0.3) is 0 Å². The molecule has 2 saturated heterocycles. The molecule has 0 aromatic carbocycles. The van der Waals surface area contributed by atoms with Crippen molar-refractivity contribution in [3.05, 3.63) is 0 Å². The van der Waals surface area contributed by atoms with Crippen molar-refractivity contribution >= 4 is 0 Å². The maximum Gasteiger partial charge on any atom is 0.0702 e. The fourth-order valence-electron chi connectivity index (χ4n) is 3.09. The number of ether oxygens (including phenoxy) is 1. The van der Waals surface area contributed by atoms with Crippen LogP contribution in [0.4, 0.5) is 0 Å². The van der Waals surface area contributed by atoms with Crippen molar-refractivity contribution in [3.8, 4) is 0 Å². The molecule has 0 saturated carbocycles. The summed E-state index contributed by atoms with van der Waals surface area (Å²) in [5, 5.41) is 9.47. The van der Waals surface area contributed by atoms with E-state index in [0.717, 1.165) is 39.3 Å². The lowest BCUT2D eigenvalue weighted by atomic mass is 10.1. The van der Waals surface area contributed by atoms with E-state index in [-0.39, 0.29) is 6.10 Å². The van der Waals surface area contributed by atoms with Gasteiger partial charge in [-0.25, -0.2) is 0 Å². The molecule has 1 N–H and O–H groups in total. The van der Waals surface area contributed by atoms with E-state index in [9.17, 15) is 5.11 Å². The first-order chi connectivity index (χ1) is 8.65. The molecule has 2 aliphatic heterocycles. The van der Waals surface area contributed by atoms with E-state index in [0.29, 0.717) is 12.1 Å². The minimum absolute atomic E-state index is 0.222. The van der Waals surface area contributed by atoms with Gasteiger partial charge in [-0.2, -0.15) is 0 Å². The summed E-state index contributed by atoms with van der Waals surface area (Å²) < 4.78 is 5.81. The Labute approximate surface area is 111 Å². The molecule has 2 fully saturated rings. The zero-order valence-corrected chi connectivity index (χ0v) is 11.8. The third-order valence-electron chi connectivity index (χ3n) is 4.08. The van der Waals surface area contributed by atoms with Crippen LogP contribution in [0, 0.1) is 0 Å². The van der Waals surface area contributed by atoms with Gasteiger partial charge in [0.25, 0.3) is 0 Å². The number of hydrogen-bond donors (Lipinski definition) is 1. The smallest absolute Gasteiger partial charge is 0.0702 e. The summed E-state index contributed by atoms with van der Waals surface area (Å²) in [4.78, 5) is 4.92. The SMILES string of the molecule is C[C@H](O)CN1CCN(C[C@H]2CCCCO2)C[C@@H]1C. The lowest BCUT2D eigenvalue weighted by Crippen LogP contribution is -2.55. The van der Waals surface area contributed by atoms with Gasteiger partial charge in [-0.05, 0) is 33.1 Å².